The molecule has 0 unspecified atom stereocenters. The first kappa shape index (κ1) is 25.0. The van der Waals surface area contributed by atoms with Gasteiger partial charge in [0, 0.05) is 42.6 Å². The predicted molar refractivity (Wildman–Crippen MR) is 130 cm³/mol. The first-order valence-corrected chi connectivity index (χ1v) is 10.4. The van der Waals surface area contributed by atoms with E-state index in [-0.39, 0.29) is 32.1 Å². The lowest BCUT2D eigenvalue weighted by Gasteiger charge is -2.18. The summed E-state index contributed by atoms with van der Waals surface area (Å²) >= 11 is 0. The standard InChI is InChI=1S/C25H20F2N4O2.H2S/c26-25(27)14-19(15-28)31(16-25)24(33)9-8-23(32)20-10-12-30-22-7-5-17(13-21(20)22)4-6-18-3-1-2-11-29-18;/h1-7,10-13,19H,8-9,14,16H2;1H2/b6-4+;/t19-;/m0./s1. The van der Waals surface area contributed by atoms with Crippen LogP contribution in [0.4, 0.5) is 8.78 Å². The second kappa shape index (κ2) is 10.5. The summed E-state index contributed by atoms with van der Waals surface area (Å²) in [7, 11) is 0. The summed E-state index contributed by atoms with van der Waals surface area (Å²) in [5.74, 6) is -3.99. The molecule has 1 amide bonds. The normalized spacial score (nSPS) is 16.9. The third-order valence-electron chi connectivity index (χ3n) is 5.51. The molecule has 9 heteroatoms. The number of halogens is 2. The summed E-state index contributed by atoms with van der Waals surface area (Å²) in [5.41, 5.74) is 2.68. The Labute approximate surface area is 202 Å². The Morgan fingerprint density at radius 2 is 1.94 bits per heavy atom. The van der Waals surface area contributed by atoms with Gasteiger partial charge in [0.25, 0.3) is 5.92 Å². The highest BCUT2D eigenvalue weighted by Gasteiger charge is 2.47. The number of Topliss-reactive ketones (excluding diaryl/α,β-unsaturated/α-hetero) is 1. The molecular weight excluding hydrogens is 458 g/mol. The molecule has 4 rings (SSSR count). The molecule has 1 fully saturated rings. The number of hydrogen-bond donors (Lipinski definition) is 0. The Morgan fingerprint density at radius 1 is 1.12 bits per heavy atom. The summed E-state index contributed by atoms with van der Waals surface area (Å²) in [5, 5.41) is 9.71. The topological polar surface area (TPSA) is 87.0 Å². The van der Waals surface area contributed by atoms with Crippen LogP contribution in [0.1, 0.15) is 40.9 Å². The minimum Gasteiger partial charge on any atom is -0.320 e. The van der Waals surface area contributed by atoms with Crippen molar-refractivity contribution in [1.29, 1.82) is 5.26 Å². The van der Waals surface area contributed by atoms with Crippen molar-refractivity contribution in [3.63, 3.8) is 0 Å². The molecule has 6 nitrogen and oxygen atoms in total. The van der Waals surface area contributed by atoms with Crippen molar-refractivity contribution < 1.29 is 18.4 Å². The number of benzene rings is 1. The molecule has 174 valence electrons. The summed E-state index contributed by atoms with van der Waals surface area (Å²) in [6.45, 7) is -0.789. The Kier molecular flexibility index (Phi) is 7.74. The van der Waals surface area contributed by atoms with Crippen molar-refractivity contribution in [3.05, 3.63) is 71.7 Å². The zero-order valence-electron chi connectivity index (χ0n) is 18.1. The zero-order valence-corrected chi connectivity index (χ0v) is 19.1. The number of pyridine rings is 2. The second-order valence-corrected chi connectivity index (χ2v) is 7.87. The van der Waals surface area contributed by atoms with E-state index in [9.17, 15) is 18.4 Å². The van der Waals surface area contributed by atoms with Crippen LogP contribution in [-0.2, 0) is 4.79 Å². The molecule has 0 radical (unpaired) electrons. The van der Waals surface area contributed by atoms with Crippen molar-refractivity contribution >= 4 is 48.2 Å². The van der Waals surface area contributed by atoms with E-state index in [1.165, 1.54) is 6.20 Å². The molecule has 1 aliphatic heterocycles. The van der Waals surface area contributed by atoms with E-state index in [2.05, 4.69) is 9.97 Å². The Hall–Kier alpha value is -3.64. The fraction of sp³-hybridized carbons (Fsp3) is 0.240. The number of carbonyl (C=O) groups is 2. The Morgan fingerprint density at radius 3 is 2.68 bits per heavy atom. The van der Waals surface area contributed by atoms with Crippen LogP contribution in [0.5, 0.6) is 0 Å². The SMILES string of the molecule is N#C[C@@H]1CC(F)(F)CN1C(=O)CCC(=O)c1ccnc2ccc(/C=C/c3ccccn3)cc12.S. The summed E-state index contributed by atoms with van der Waals surface area (Å²) in [6.07, 6.45) is 5.89. The molecule has 0 spiro atoms. The van der Waals surface area contributed by atoms with Crippen LogP contribution in [0, 0.1) is 11.3 Å². The minimum atomic E-state index is -3.08. The second-order valence-electron chi connectivity index (χ2n) is 7.87. The number of fused-ring (bicyclic) bond motifs is 1. The molecule has 1 saturated heterocycles. The van der Waals surface area contributed by atoms with E-state index >= 15 is 0 Å². The lowest BCUT2D eigenvalue weighted by molar-refractivity contribution is -0.132. The number of nitriles is 1. The van der Waals surface area contributed by atoms with E-state index in [4.69, 9.17) is 5.26 Å². The minimum absolute atomic E-state index is 0. The number of aromatic nitrogens is 2. The van der Waals surface area contributed by atoms with Crippen LogP contribution in [0.15, 0.2) is 54.9 Å². The first-order valence-electron chi connectivity index (χ1n) is 10.4. The highest BCUT2D eigenvalue weighted by Crippen LogP contribution is 2.32. The van der Waals surface area contributed by atoms with Crippen LogP contribution < -0.4 is 0 Å². The van der Waals surface area contributed by atoms with Gasteiger partial charge in [-0.3, -0.25) is 19.6 Å². The molecule has 3 heterocycles. The maximum absolute atomic E-state index is 13.6. The first-order chi connectivity index (χ1) is 15.9. The molecular formula is C25H22F2N4O2S. The Bertz CT molecular complexity index is 1270. The van der Waals surface area contributed by atoms with Crippen molar-refractivity contribution in [2.75, 3.05) is 6.54 Å². The lowest BCUT2D eigenvalue weighted by atomic mass is 10.00. The zero-order chi connectivity index (χ0) is 23.4. The van der Waals surface area contributed by atoms with Gasteiger partial charge in [0.2, 0.25) is 5.91 Å². The summed E-state index contributed by atoms with van der Waals surface area (Å²) in [6, 6.07) is 13.3. The quantitative estimate of drug-likeness (QED) is 0.480. The van der Waals surface area contributed by atoms with Gasteiger partial charge in [0.05, 0.1) is 23.8 Å². The molecule has 0 saturated carbocycles. The highest BCUT2D eigenvalue weighted by atomic mass is 32.1. The van der Waals surface area contributed by atoms with Crippen LogP contribution >= 0.6 is 13.5 Å². The van der Waals surface area contributed by atoms with Crippen molar-refractivity contribution in [3.8, 4) is 6.07 Å². The van der Waals surface area contributed by atoms with Crippen LogP contribution in [0.3, 0.4) is 0 Å². The molecule has 0 bridgehead atoms. The van der Waals surface area contributed by atoms with Crippen molar-refractivity contribution in [1.82, 2.24) is 14.9 Å². The van der Waals surface area contributed by atoms with Gasteiger partial charge < -0.3 is 4.90 Å². The van der Waals surface area contributed by atoms with Gasteiger partial charge in [-0.1, -0.05) is 18.2 Å². The van der Waals surface area contributed by atoms with Gasteiger partial charge in [-0.2, -0.15) is 18.8 Å². The average Bonchev–Trinajstić information content (AvgIpc) is 3.15. The monoisotopic (exact) mass is 480 g/mol. The molecule has 3 aromatic rings. The van der Waals surface area contributed by atoms with Gasteiger partial charge in [-0.25, -0.2) is 8.78 Å². The number of amides is 1. The molecule has 1 aliphatic rings. The average molecular weight is 481 g/mol. The third kappa shape index (κ3) is 5.64. The maximum atomic E-state index is 13.6. The fourth-order valence-corrected chi connectivity index (χ4v) is 3.86. The van der Waals surface area contributed by atoms with E-state index in [1.807, 2.05) is 42.5 Å². The molecule has 2 aromatic heterocycles. The van der Waals surface area contributed by atoms with Gasteiger partial charge >= 0.3 is 0 Å². The predicted octanol–water partition coefficient (Wildman–Crippen LogP) is 4.64. The number of carbonyl (C=O) groups excluding carboxylic acids is 2. The van der Waals surface area contributed by atoms with E-state index < -0.39 is 30.8 Å². The van der Waals surface area contributed by atoms with E-state index in [1.54, 1.807) is 24.4 Å². The number of hydrogen-bond acceptors (Lipinski definition) is 5. The number of rotatable bonds is 6. The van der Waals surface area contributed by atoms with Gasteiger partial charge in [-0.05, 0) is 42.0 Å². The number of ketones is 1. The van der Waals surface area contributed by atoms with Crippen LogP contribution in [0.2, 0.25) is 0 Å². The van der Waals surface area contributed by atoms with Gasteiger partial charge in [0.15, 0.2) is 5.78 Å². The molecule has 0 N–H and O–H groups in total. The molecule has 0 aliphatic carbocycles. The highest BCUT2D eigenvalue weighted by molar-refractivity contribution is 7.59. The molecule has 1 atom stereocenters. The number of alkyl halides is 2. The number of nitrogens with zero attached hydrogens (tertiary/aromatic N) is 4. The maximum Gasteiger partial charge on any atom is 0.268 e. The number of likely N-dealkylation sites (tertiary alicyclic amines) is 1. The lowest BCUT2D eigenvalue weighted by Crippen LogP contribution is -2.36. The summed E-state index contributed by atoms with van der Waals surface area (Å²) < 4.78 is 27.2. The van der Waals surface area contributed by atoms with Gasteiger partial charge in [0.1, 0.15) is 6.04 Å². The molecule has 1 aromatic carbocycles. The Balaban J connectivity index is 0.00000324. The molecule has 34 heavy (non-hydrogen) atoms. The largest absolute Gasteiger partial charge is 0.320 e. The fourth-order valence-electron chi connectivity index (χ4n) is 3.86. The summed E-state index contributed by atoms with van der Waals surface area (Å²) in [4.78, 5) is 34.8. The van der Waals surface area contributed by atoms with Crippen LogP contribution in [-0.4, -0.2) is 45.1 Å². The third-order valence-corrected chi connectivity index (χ3v) is 5.51. The smallest absolute Gasteiger partial charge is 0.268 e. The van der Waals surface area contributed by atoms with Crippen molar-refractivity contribution in [2.45, 2.75) is 31.2 Å². The van der Waals surface area contributed by atoms with E-state index in [0.717, 1.165) is 16.2 Å². The van der Waals surface area contributed by atoms with Crippen molar-refractivity contribution in [2.24, 2.45) is 0 Å². The van der Waals surface area contributed by atoms with Gasteiger partial charge in [-0.15, -0.1) is 0 Å². The van der Waals surface area contributed by atoms with E-state index in [0.29, 0.717) is 16.5 Å². The van der Waals surface area contributed by atoms with Crippen LogP contribution in [0.25, 0.3) is 23.1 Å².